The number of ether oxygens (including phenoxy) is 2. The van der Waals surface area contributed by atoms with Gasteiger partial charge in [0.25, 0.3) is 0 Å². The predicted molar refractivity (Wildman–Crippen MR) is 78.1 cm³/mol. The monoisotopic (exact) mass is 274 g/mol. The largest absolute Gasteiger partial charge is 0.486 e. The molecule has 2 rings (SSSR count). The highest BCUT2D eigenvalue weighted by Crippen LogP contribution is 2.32. The Morgan fingerprint density at radius 2 is 1.85 bits per heavy atom. The molecule has 1 unspecified atom stereocenters. The number of nitrogens with zero attached hydrogens (tertiary/aromatic N) is 2. The van der Waals surface area contributed by atoms with Gasteiger partial charge in [-0.1, -0.05) is 19.9 Å². The molecule has 4 heteroatoms. The van der Waals surface area contributed by atoms with Gasteiger partial charge in [-0.05, 0) is 37.7 Å². The molecule has 1 heterocycles. The van der Waals surface area contributed by atoms with Gasteiger partial charge in [0, 0.05) is 6.42 Å². The van der Waals surface area contributed by atoms with E-state index in [1.807, 2.05) is 25.1 Å². The SMILES string of the molecule is CCN(CC)C(C)(C#N)Cc1ccc2c(c1)OCCO2. The Morgan fingerprint density at radius 3 is 2.45 bits per heavy atom. The summed E-state index contributed by atoms with van der Waals surface area (Å²) in [7, 11) is 0. The van der Waals surface area contributed by atoms with Crippen molar-refractivity contribution in [3.63, 3.8) is 0 Å². The van der Waals surface area contributed by atoms with E-state index in [0.717, 1.165) is 30.2 Å². The summed E-state index contributed by atoms with van der Waals surface area (Å²) in [6.45, 7) is 9.09. The molecule has 0 spiro atoms. The van der Waals surface area contributed by atoms with E-state index in [9.17, 15) is 5.26 Å². The summed E-state index contributed by atoms with van der Waals surface area (Å²) in [6, 6.07) is 8.41. The van der Waals surface area contributed by atoms with Crippen molar-refractivity contribution >= 4 is 0 Å². The minimum atomic E-state index is -0.493. The Balaban J connectivity index is 2.22. The second-order valence-electron chi connectivity index (χ2n) is 5.21. The van der Waals surface area contributed by atoms with E-state index >= 15 is 0 Å². The highest BCUT2D eigenvalue weighted by Gasteiger charge is 2.30. The fraction of sp³-hybridized carbons (Fsp3) is 0.562. The van der Waals surface area contributed by atoms with E-state index in [1.165, 1.54) is 0 Å². The first-order valence-electron chi connectivity index (χ1n) is 7.17. The van der Waals surface area contributed by atoms with Crippen LogP contribution in [-0.4, -0.2) is 36.7 Å². The molecule has 1 aliphatic heterocycles. The maximum atomic E-state index is 9.57. The quantitative estimate of drug-likeness (QED) is 0.828. The fourth-order valence-electron chi connectivity index (χ4n) is 2.74. The Kier molecular flexibility index (Phi) is 4.51. The van der Waals surface area contributed by atoms with Crippen molar-refractivity contribution in [2.45, 2.75) is 32.7 Å². The van der Waals surface area contributed by atoms with Crippen LogP contribution in [0.3, 0.4) is 0 Å². The molecule has 20 heavy (non-hydrogen) atoms. The highest BCUT2D eigenvalue weighted by molar-refractivity contribution is 5.44. The van der Waals surface area contributed by atoms with Crippen LogP contribution in [0.5, 0.6) is 11.5 Å². The van der Waals surface area contributed by atoms with Crippen LogP contribution in [0.4, 0.5) is 0 Å². The second kappa shape index (κ2) is 6.15. The molecule has 0 aromatic heterocycles. The molecule has 1 aliphatic rings. The molecule has 1 aromatic rings. The van der Waals surface area contributed by atoms with Crippen LogP contribution < -0.4 is 9.47 Å². The van der Waals surface area contributed by atoms with Crippen LogP contribution in [0.15, 0.2) is 18.2 Å². The summed E-state index contributed by atoms with van der Waals surface area (Å²) in [4.78, 5) is 2.18. The average Bonchev–Trinajstić information content (AvgIpc) is 2.48. The van der Waals surface area contributed by atoms with Crippen molar-refractivity contribution in [3.8, 4) is 17.6 Å². The van der Waals surface area contributed by atoms with Crippen LogP contribution in [-0.2, 0) is 6.42 Å². The summed E-state index contributed by atoms with van der Waals surface area (Å²) in [6.07, 6.45) is 0.682. The van der Waals surface area contributed by atoms with E-state index in [2.05, 4.69) is 24.8 Å². The van der Waals surface area contributed by atoms with E-state index in [1.54, 1.807) is 0 Å². The fourth-order valence-corrected chi connectivity index (χ4v) is 2.74. The van der Waals surface area contributed by atoms with Gasteiger partial charge in [-0.2, -0.15) is 5.26 Å². The molecule has 1 atom stereocenters. The minimum absolute atomic E-state index is 0.493. The zero-order valence-electron chi connectivity index (χ0n) is 12.5. The first-order valence-corrected chi connectivity index (χ1v) is 7.17. The first kappa shape index (κ1) is 14.7. The van der Waals surface area contributed by atoms with Gasteiger partial charge in [-0.15, -0.1) is 0 Å². The zero-order valence-corrected chi connectivity index (χ0v) is 12.5. The van der Waals surface area contributed by atoms with E-state index in [-0.39, 0.29) is 0 Å². The lowest BCUT2D eigenvalue weighted by molar-refractivity contribution is 0.165. The minimum Gasteiger partial charge on any atom is -0.486 e. The summed E-state index contributed by atoms with van der Waals surface area (Å²) in [5.74, 6) is 1.58. The number of hydrogen-bond donors (Lipinski definition) is 0. The third-order valence-corrected chi connectivity index (χ3v) is 3.86. The number of nitriles is 1. The van der Waals surface area contributed by atoms with Gasteiger partial charge in [0.15, 0.2) is 11.5 Å². The van der Waals surface area contributed by atoms with E-state index in [0.29, 0.717) is 19.6 Å². The number of benzene rings is 1. The maximum Gasteiger partial charge on any atom is 0.161 e. The van der Waals surface area contributed by atoms with Crippen LogP contribution >= 0.6 is 0 Å². The molecule has 0 radical (unpaired) electrons. The van der Waals surface area contributed by atoms with Crippen molar-refractivity contribution in [1.82, 2.24) is 4.90 Å². The average molecular weight is 274 g/mol. The molecule has 0 fully saturated rings. The van der Waals surface area contributed by atoms with Crippen molar-refractivity contribution in [1.29, 1.82) is 5.26 Å². The van der Waals surface area contributed by atoms with Gasteiger partial charge in [0.2, 0.25) is 0 Å². The van der Waals surface area contributed by atoms with Crippen molar-refractivity contribution < 1.29 is 9.47 Å². The number of hydrogen-bond acceptors (Lipinski definition) is 4. The number of rotatable bonds is 5. The Morgan fingerprint density at radius 1 is 1.20 bits per heavy atom. The molecule has 0 aliphatic carbocycles. The van der Waals surface area contributed by atoms with Crippen molar-refractivity contribution in [3.05, 3.63) is 23.8 Å². The third kappa shape index (κ3) is 2.88. The molecule has 0 bridgehead atoms. The van der Waals surface area contributed by atoms with Gasteiger partial charge in [-0.3, -0.25) is 4.90 Å². The van der Waals surface area contributed by atoms with Crippen LogP contribution in [0, 0.1) is 11.3 Å². The molecule has 0 saturated carbocycles. The molecular weight excluding hydrogens is 252 g/mol. The second-order valence-corrected chi connectivity index (χ2v) is 5.21. The molecule has 0 N–H and O–H groups in total. The predicted octanol–water partition coefficient (Wildman–Crippen LogP) is 2.62. The van der Waals surface area contributed by atoms with Gasteiger partial charge in [0.1, 0.15) is 18.8 Å². The topological polar surface area (TPSA) is 45.5 Å². The van der Waals surface area contributed by atoms with Crippen LogP contribution in [0.25, 0.3) is 0 Å². The van der Waals surface area contributed by atoms with Crippen molar-refractivity contribution in [2.75, 3.05) is 26.3 Å². The molecule has 4 nitrogen and oxygen atoms in total. The standard InChI is InChI=1S/C16H22N2O2/c1-4-18(5-2)16(3,12-17)11-13-6-7-14-15(10-13)20-9-8-19-14/h6-7,10H,4-5,8-9,11H2,1-3H3. The van der Waals surface area contributed by atoms with Crippen LogP contribution in [0.2, 0.25) is 0 Å². The highest BCUT2D eigenvalue weighted by atomic mass is 16.6. The lowest BCUT2D eigenvalue weighted by Crippen LogP contribution is -2.46. The lowest BCUT2D eigenvalue weighted by atomic mass is 9.92. The molecule has 0 amide bonds. The summed E-state index contributed by atoms with van der Waals surface area (Å²) in [5.41, 5.74) is 0.609. The summed E-state index contributed by atoms with van der Waals surface area (Å²) in [5, 5.41) is 9.57. The lowest BCUT2D eigenvalue weighted by Gasteiger charge is -2.34. The van der Waals surface area contributed by atoms with Crippen LogP contribution in [0.1, 0.15) is 26.3 Å². The van der Waals surface area contributed by atoms with Crippen molar-refractivity contribution in [2.24, 2.45) is 0 Å². The number of likely N-dealkylation sites (N-methyl/N-ethyl adjacent to an activating group) is 1. The first-order chi connectivity index (χ1) is 9.62. The Labute approximate surface area is 120 Å². The smallest absolute Gasteiger partial charge is 0.161 e. The number of fused-ring (bicyclic) bond motifs is 1. The molecule has 1 aromatic carbocycles. The van der Waals surface area contributed by atoms with Gasteiger partial charge in [0.05, 0.1) is 6.07 Å². The van der Waals surface area contributed by atoms with E-state index in [4.69, 9.17) is 9.47 Å². The third-order valence-electron chi connectivity index (χ3n) is 3.86. The van der Waals surface area contributed by atoms with Gasteiger partial charge in [-0.25, -0.2) is 0 Å². The molecule has 0 saturated heterocycles. The zero-order chi connectivity index (χ0) is 14.6. The Hall–Kier alpha value is -1.73. The van der Waals surface area contributed by atoms with Gasteiger partial charge < -0.3 is 9.47 Å². The molecule has 108 valence electrons. The summed E-state index contributed by atoms with van der Waals surface area (Å²) < 4.78 is 11.1. The van der Waals surface area contributed by atoms with Gasteiger partial charge >= 0.3 is 0 Å². The summed E-state index contributed by atoms with van der Waals surface area (Å²) >= 11 is 0. The normalized spacial score (nSPS) is 16.6. The maximum absolute atomic E-state index is 9.57. The Bertz CT molecular complexity index is 506. The van der Waals surface area contributed by atoms with E-state index < -0.39 is 5.54 Å². The molecular formula is C16H22N2O2.